The van der Waals surface area contributed by atoms with Gasteiger partial charge in [0.1, 0.15) is 0 Å². The molecule has 0 spiro atoms. The van der Waals surface area contributed by atoms with Crippen LogP contribution in [0.5, 0.6) is 0 Å². The highest BCUT2D eigenvalue weighted by atomic mass is 16.5. The molecule has 0 aliphatic carbocycles. The highest BCUT2D eigenvalue weighted by molar-refractivity contribution is 4.89. The predicted octanol–water partition coefficient (Wildman–Crippen LogP) is 4.88. The van der Waals surface area contributed by atoms with Gasteiger partial charge in [0.25, 0.3) is 0 Å². The topological polar surface area (TPSA) is 9.23 Å². The second-order valence-electron chi connectivity index (χ2n) is 4.29. The molecule has 0 radical (unpaired) electrons. The van der Waals surface area contributed by atoms with Crippen molar-refractivity contribution in [3.8, 4) is 0 Å². The predicted molar refractivity (Wildman–Crippen MR) is 72.7 cm³/mol. The zero-order chi connectivity index (χ0) is 12.1. The molecule has 0 bridgehead atoms. The van der Waals surface area contributed by atoms with Crippen LogP contribution in [0.1, 0.15) is 58.3 Å². The summed E-state index contributed by atoms with van der Waals surface area (Å²) in [6.45, 7) is 5.95. The summed E-state index contributed by atoms with van der Waals surface area (Å²) in [5, 5.41) is 0. The van der Waals surface area contributed by atoms with Crippen LogP contribution in [-0.2, 0) is 4.74 Å². The third-order valence-electron chi connectivity index (χ3n) is 2.83. The number of hydrogen-bond donors (Lipinski definition) is 0. The maximum atomic E-state index is 5.46. The van der Waals surface area contributed by atoms with E-state index in [2.05, 4.69) is 25.7 Å². The van der Waals surface area contributed by atoms with Gasteiger partial charge in [0.05, 0.1) is 6.10 Å². The van der Waals surface area contributed by atoms with Crippen molar-refractivity contribution >= 4 is 0 Å². The lowest BCUT2D eigenvalue weighted by Gasteiger charge is -2.12. The van der Waals surface area contributed by atoms with E-state index in [1.165, 1.54) is 38.5 Å². The molecule has 1 nitrogen and oxygen atoms in total. The summed E-state index contributed by atoms with van der Waals surface area (Å²) in [4.78, 5) is 0. The van der Waals surface area contributed by atoms with E-state index < -0.39 is 0 Å². The van der Waals surface area contributed by atoms with Crippen molar-refractivity contribution in [2.75, 3.05) is 7.11 Å². The first-order valence-corrected chi connectivity index (χ1v) is 6.63. The normalized spacial score (nSPS) is 13.1. The van der Waals surface area contributed by atoms with Gasteiger partial charge in [0.15, 0.2) is 0 Å². The molecule has 0 aromatic carbocycles. The first-order valence-electron chi connectivity index (χ1n) is 6.63. The van der Waals surface area contributed by atoms with Gasteiger partial charge in [-0.15, -0.1) is 6.58 Å². The van der Waals surface area contributed by atoms with E-state index in [1.54, 1.807) is 0 Å². The van der Waals surface area contributed by atoms with Gasteiger partial charge < -0.3 is 4.74 Å². The monoisotopic (exact) mass is 224 g/mol. The molecule has 0 saturated carbocycles. The van der Waals surface area contributed by atoms with Crippen LogP contribution in [0, 0.1) is 0 Å². The minimum atomic E-state index is 0.405. The lowest BCUT2D eigenvalue weighted by atomic mass is 10.1. The average Bonchev–Trinajstić information content (AvgIpc) is 2.31. The van der Waals surface area contributed by atoms with Crippen LogP contribution in [0.4, 0.5) is 0 Å². The Morgan fingerprint density at radius 2 is 1.88 bits per heavy atom. The van der Waals surface area contributed by atoms with E-state index >= 15 is 0 Å². The van der Waals surface area contributed by atoms with E-state index in [0.717, 1.165) is 12.8 Å². The molecule has 16 heavy (non-hydrogen) atoms. The summed E-state index contributed by atoms with van der Waals surface area (Å²) >= 11 is 0. The summed E-state index contributed by atoms with van der Waals surface area (Å²) in [7, 11) is 1.82. The Kier molecular flexibility index (Phi) is 12.1. The first-order chi connectivity index (χ1) is 7.85. The number of ether oxygens (including phenoxy) is 1. The number of unbranched alkanes of at least 4 members (excludes halogenated alkanes) is 4. The maximum Gasteiger partial charge on any atom is 0.0605 e. The van der Waals surface area contributed by atoms with Crippen molar-refractivity contribution in [3.63, 3.8) is 0 Å². The third-order valence-corrected chi connectivity index (χ3v) is 2.83. The van der Waals surface area contributed by atoms with Gasteiger partial charge in [-0.1, -0.05) is 57.3 Å². The molecular formula is C15H28O. The third kappa shape index (κ3) is 9.97. The Hall–Kier alpha value is -0.560. The van der Waals surface area contributed by atoms with Gasteiger partial charge in [-0.2, -0.15) is 0 Å². The van der Waals surface area contributed by atoms with Crippen LogP contribution < -0.4 is 0 Å². The molecular weight excluding hydrogens is 196 g/mol. The average molecular weight is 224 g/mol. The summed E-state index contributed by atoms with van der Waals surface area (Å²) in [5.74, 6) is 0. The second-order valence-corrected chi connectivity index (χ2v) is 4.29. The quantitative estimate of drug-likeness (QED) is 0.359. The standard InChI is InChI=1S/C15H28O/c1-4-6-8-10-12-14-15(16-3)13-11-9-7-5-2/h5,9,11,15H,2,4,6-8,10,12-14H2,1,3H3/b11-9+. The van der Waals surface area contributed by atoms with Crippen molar-refractivity contribution in [1.82, 2.24) is 0 Å². The second kappa shape index (κ2) is 12.5. The number of hydrogen-bond acceptors (Lipinski definition) is 1. The molecule has 0 aromatic heterocycles. The molecule has 0 rings (SSSR count). The smallest absolute Gasteiger partial charge is 0.0605 e. The van der Waals surface area contributed by atoms with E-state index in [0.29, 0.717) is 6.10 Å². The molecule has 0 aliphatic heterocycles. The summed E-state index contributed by atoms with van der Waals surface area (Å²) < 4.78 is 5.46. The van der Waals surface area contributed by atoms with Crippen LogP contribution >= 0.6 is 0 Å². The molecule has 94 valence electrons. The largest absolute Gasteiger partial charge is 0.381 e. The lowest BCUT2D eigenvalue weighted by Crippen LogP contribution is -2.08. The summed E-state index contributed by atoms with van der Waals surface area (Å²) in [5.41, 5.74) is 0. The van der Waals surface area contributed by atoms with E-state index in [1.807, 2.05) is 13.2 Å². The molecule has 1 heteroatoms. The molecule has 0 aliphatic rings. The zero-order valence-electron chi connectivity index (χ0n) is 11.1. The fourth-order valence-electron chi connectivity index (χ4n) is 1.75. The van der Waals surface area contributed by atoms with Gasteiger partial charge in [-0.25, -0.2) is 0 Å². The molecule has 0 saturated heterocycles. The fourth-order valence-corrected chi connectivity index (χ4v) is 1.75. The highest BCUT2D eigenvalue weighted by Crippen LogP contribution is 2.12. The molecule has 0 aromatic rings. The van der Waals surface area contributed by atoms with Gasteiger partial charge in [-0.3, -0.25) is 0 Å². The lowest BCUT2D eigenvalue weighted by molar-refractivity contribution is 0.0952. The molecule has 1 atom stereocenters. The highest BCUT2D eigenvalue weighted by Gasteiger charge is 2.03. The van der Waals surface area contributed by atoms with Gasteiger partial charge in [-0.05, 0) is 19.3 Å². The van der Waals surface area contributed by atoms with Crippen LogP contribution in [0.2, 0.25) is 0 Å². The Labute approximate surface area is 102 Å². The first kappa shape index (κ1) is 15.4. The van der Waals surface area contributed by atoms with Crippen molar-refractivity contribution in [2.24, 2.45) is 0 Å². The Morgan fingerprint density at radius 1 is 1.12 bits per heavy atom. The van der Waals surface area contributed by atoms with Crippen LogP contribution in [0.3, 0.4) is 0 Å². The maximum absolute atomic E-state index is 5.46. The molecule has 0 N–H and O–H groups in total. The number of methoxy groups -OCH3 is 1. The van der Waals surface area contributed by atoms with Gasteiger partial charge in [0.2, 0.25) is 0 Å². The summed E-state index contributed by atoms with van der Waals surface area (Å²) in [6.07, 6.45) is 16.6. The van der Waals surface area contributed by atoms with Crippen LogP contribution in [0.15, 0.2) is 24.8 Å². The summed E-state index contributed by atoms with van der Waals surface area (Å²) in [6, 6.07) is 0. The van der Waals surface area contributed by atoms with Crippen molar-refractivity contribution < 1.29 is 4.74 Å². The zero-order valence-corrected chi connectivity index (χ0v) is 11.1. The van der Waals surface area contributed by atoms with Crippen molar-refractivity contribution in [1.29, 1.82) is 0 Å². The minimum absolute atomic E-state index is 0.405. The minimum Gasteiger partial charge on any atom is -0.381 e. The molecule has 1 unspecified atom stereocenters. The van der Waals surface area contributed by atoms with E-state index in [-0.39, 0.29) is 0 Å². The van der Waals surface area contributed by atoms with E-state index in [4.69, 9.17) is 4.74 Å². The van der Waals surface area contributed by atoms with Gasteiger partial charge in [0, 0.05) is 7.11 Å². The molecule has 0 fully saturated rings. The van der Waals surface area contributed by atoms with E-state index in [9.17, 15) is 0 Å². The Balaban J connectivity index is 3.47. The van der Waals surface area contributed by atoms with Crippen LogP contribution in [0.25, 0.3) is 0 Å². The molecule has 0 heterocycles. The number of allylic oxidation sites excluding steroid dienone is 2. The SMILES string of the molecule is C=CC/C=C/CC(CCCCCCC)OC. The fraction of sp³-hybridized carbons (Fsp3) is 0.733. The Bertz CT molecular complexity index is 172. The number of rotatable bonds is 11. The van der Waals surface area contributed by atoms with Gasteiger partial charge >= 0.3 is 0 Å². The molecule has 0 amide bonds. The van der Waals surface area contributed by atoms with Crippen molar-refractivity contribution in [2.45, 2.75) is 64.4 Å². The Morgan fingerprint density at radius 3 is 2.50 bits per heavy atom. The van der Waals surface area contributed by atoms with Crippen molar-refractivity contribution in [3.05, 3.63) is 24.8 Å². The van der Waals surface area contributed by atoms with Crippen LogP contribution in [-0.4, -0.2) is 13.2 Å².